The molecular weight excluding hydrogens is 473 g/mol. The fourth-order valence-electron chi connectivity index (χ4n) is 4.64. The lowest BCUT2D eigenvalue weighted by Gasteiger charge is -2.31. The lowest BCUT2D eigenvalue weighted by molar-refractivity contribution is -0.144. The zero-order valence-electron chi connectivity index (χ0n) is 19.0. The van der Waals surface area contributed by atoms with E-state index in [1.54, 1.807) is 18.2 Å². The van der Waals surface area contributed by atoms with Gasteiger partial charge in [0, 0.05) is 16.6 Å². The van der Waals surface area contributed by atoms with Gasteiger partial charge in [0.1, 0.15) is 11.5 Å². The maximum absolute atomic E-state index is 14.3. The van der Waals surface area contributed by atoms with Crippen LogP contribution in [-0.4, -0.2) is 51.5 Å². The van der Waals surface area contributed by atoms with Gasteiger partial charge in [0.15, 0.2) is 0 Å². The van der Waals surface area contributed by atoms with Gasteiger partial charge in [-0.1, -0.05) is 41.1 Å². The number of aromatic amines is 1. The molecule has 2 atom stereocenters. The Bertz CT molecular complexity index is 1150. The Hall–Kier alpha value is -3.30. The zero-order chi connectivity index (χ0) is 24.8. The van der Waals surface area contributed by atoms with Gasteiger partial charge in [-0.3, -0.25) is 14.7 Å². The summed E-state index contributed by atoms with van der Waals surface area (Å²) in [6, 6.07) is 11.3. The highest BCUT2D eigenvalue weighted by Gasteiger charge is 2.32. The molecule has 0 radical (unpaired) electrons. The maximum Gasteiger partial charge on any atom is 0.306 e. The molecule has 10 heteroatoms. The molecule has 8 nitrogen and oxygen atoms in total. The molecule has 1 amide bonds. The van der Waals surface area contributed by atoms with Crippen LogP contribution in [0.5, 0.6) is 0 Å². The van der Waals surface area contributed by atoms with Gasteiger partial charge in [0.05, 0.1) is 12.1 Å². The van der Waals surface area contributed by atoms with E-state index in [0.717, 1.165) is 31.5 Å². The molecule has 1 saturated heterocycles. The Morgan fingerprint density at radius 2 is 1.91 bits per heavy atom. The van der Waals surface area contributed by atoms with E-state index in [2.05, 4.69) is 26.0 Å². The molecule has 0 aliphatic carbocycles. The summed E-state index contributed by atoms with van der Waals surface area (Å²) in [7, 11) is 0. The number of H-pyrrole nitrogens is 1. The third-order valence-corrected chi connectivity index (χ3v) is 6.71. The summed E-state index contributed by atoms with van der Waals surface area (Å²) in [5.41, 5.74) is 2.17. The lowest BCUT2D eigenvalue weighted by atomic mass is 9.80. The number of nitrogens with one attached hydrogen (secondary N) is 3. The van der Waals surface area contributed by atoms with E-state index in [1.165, 1.54) is 18.3 Å². The SMILES string of the molecule is O=C(NC(Cc1ccc(-c2cc(Cl)ccc2F)cc1)C[C@H](C(=O)O)C1CCNCC1)c1cnn[nH]1. The second kappa shape index (κ2) is 11.4. The van der Waals surface area contributed by atoms with Crippen molar-refractivity contribution in [3.05, 3.63) is 70.8 Å². The van der Waals surface area contributed by atoms with Crippen LogP contribution < -0.4 is 10.6 Å². The molecule has 1 aliphatic rings. The third kappa shape index (κ3) is 6.43. The Balaban J connectivity index is 1.53. The molecule has 0 spiro atoms. The molecule has 2 aromatic carbocycles. The van der Waals surface area contributed by atoms with Crippen LogP contribution >= 0.6 is 11.6 Å². The standard InChI is InChI=1S/C25H27ClFN5O3/c26-18-5-6-22(27)20(12-18)16-3-1-15(2-4-16)11-19(30-24(33)23-14-29-32-31-23)13-21(25(34)35)17-7-9-28-10-8-17/h1-6,12,14,17,19,21,28H,7-11,13H2,(H,30,33)(H,34,35)(H,29,31,32)/t19?,21-/m0/s1. The van der Waals surface area contributed by atoms with Gasteiger partial charge in [0.2, 0.25) is 0 Å². The summed E-state index contributed by atoms with van der Waals surface area (Å²) >= 11 is 6.03. The first kappa shape index (κ1) is 24.8. The monoisotopic (exact) mass is 499 g/mol. The molecule has 184 valence electrons. The first-order chi connectivity index (χ1) is 16.9. The van der Waals surface area contributed by atoms with Crippen molar-refractivity contribution in [2.24, 2.45) is 11.8 Å². The molecule has 35 heavy (non-hydrogen) atoms. The molecule has 4 rings (SSSR count). The number of carboxylic acid groups (broad SMARTS) is 1. The van der Waals surface area contributed by atoms with Crippen LogP contribution in [0.2, 0.25) is 5.02 Å². The second-order valence-corrected chi connectivity index (χ2v) is 9.27. The average molecular weight is 500 g/mol. The summed E-state index contributed by atoms with van der Waals surface area (Å²) in [5, 5.41) is 26.4. The number of carboxylic acids is 1. The van der Waals surface area contributed by atoms with Gasteiger partial charge in [-0.25, -0.2) is 4.39 Å². The molecule has 1 fully saturated rings. The summed E-state index contributed by atoms with van der Waals surface area (Å²) in [5.74, 6) is -2.16. The van der Waals surface area contributed by atoms with Gasteiger partial charge in [-0.15, -0.1) is 5.10 Å². The number of halogens is 2. The zero-order valence-corrected chi connectivity index (χ0v) is 19.8. The highest BCUT2D eigenvalue weighted by Crippen LogP contribution is 2.29. The van der Waals surface area contributed by atoms with E-state index in [0.29, 0.717) is 22.6 Å². The number of nitrogens with zero attached hydrogens (tertiary/aromatic N) is 2. The molecule has 1 aliphatic heterocycles. The Labute approximate surface area is 207 Å². The van der Waals surface area contributed by atoms with Gasteiger partial charge in [-0.2, -0.15) is 0 Å². The number of aliphatic carboxylic acids is 1. The van der Waals surface area contributed by atoms with E-state index in [1.807, 2.05) is 12.1 Å². The lowest BCUT2D eigenvalue weighted by Crippen LogP contribution is -2.42. The number of aromatic nitrogens is 3. The normalized spacial score (nSPS) is 15.9. The van der Waals surface area contributed by atoms with Crippen LogP contribution in [0.25, 0.3) is 11.1 Å². The first-order valence-corrected chi connectivity index (χ1v) is 11.9. The largest absolute Gasteiger partial charge is 0.481 e. The van der Waals surface area contributed by atoms with Crippen LogP contribution in [0, 0.1) is 17.7 Å². The number of carbonyl (C=O) groups is 2. The highest BCUT2D eigenvalue weighted by molar-refractivity contribution is 6.30. The number of hydrogen-bond acceptors (Lipinski definition) is 5. The molecule has 0 bridgehead atoms. The van der Waals surface area contributed by atoms with Crippen LogP contribution in [0.1, 0.15) is 35.3 Å². The van der Waals surface area contributed by atoms with Crippen LogP contribution in [0.4, 0.5) is 4.39 Å². The van der Waals surface area contributed by atoms with Crippen molar-refractivity contribution >= 4 is 23.5 Å². The number of carbonyl (C=O) groups excluding carboxylic acids is 1. The molecule has 1 aromatic heterocycles. The second-order valence-electron chi connectivity index (χ2n) is 8.83. The van der Waals surface area contributed by atoms with Gasteiger partial charge < -0.3 is 15.7 Å². The van der Waals surface area contributed by atoms with E-state index < -0.39 is 23.8 Å². The Kier molecular flexibility index (Phi) is 8.09. The molecule has 2 heterocycles. The first-order valence-electron chi connectivity index (χ1n) is 11.6. The molecule has 4 N–H and O–H groups in total. The number of hydrogen-bond donors (Lipinski definition) is 4. The van der Waals surface area contributed by atoms with Crippen molar-refractivity contribution in [3.8, 4) is 11.1 Å². The molecule has 3 aromatic rings. The van der Waals surface area contributed by atoms with Gasteiger partial charge >= 0.3 is 5.97 Å². The number of amides is 1. The fourth-order valence-corrected chi connectivity index (χ4v) is 4.81. The summed E-state index contributed by atoms with van der Waals surface area (Å²) in [4.78, 5) is 24.9. The van der Waals surface area contributed by atoms with Crippen LogP contribution in [0.15, 0.2) is 48.7 Å². The molecular formula is C25H27ClFN5O3. The third-order valence-electron chi connectivity index (χ3n) is 6.48. The summed E-state index contributed by atoms with van der Waals surface area (Å²) in [6.07, 6.45) is 3.59. The smallest absolute Gasteiger partial charge is 0.306 e. The van der Waals surface area contributed by atoms with Crippen molar-refractivity contribution in [3.63, 3.8) is 0 Å². The predicted octanol–water partition coefficient (Wildman–Crippen LogP) is 3.70. The topological polar surface area (TPSA) is 120 Å². The average Bonchev–Trinajstić information content (AvgIpc) is 3.40. The molecule has 0 saturated carbocycles. The van der Waals surface area contributed by atoms with Gasteiger partial charge in [-0.05, 0) is 74.0 Å². The minimum atomic E-state index is -0.855. The summed E-state index contributed by atoms with van der Waals surface area (Å²) in [6.45, 7) is 1.57. The van der Waals surface area contributed by atoms with E-state index in [9.17, 15) is 19.1 Å². The Morgan fingerprint density at radius 3 is 2.57 bits per heavy atom. The van der Waals surface area contributed by atoms with E-state index >= 15 is 0 Å². The van der Waals surface area contributed by atoms with Crippen molar-refractivity contribution in [1.29, 1.82) is 0 Å². The van der Waals surface area contributed by atoms with E-state index in [4.69, 9.17) is 11.6 Å². The number of rotatable bonds is 9. The van der Waals surface area contributed by atoms with Gasteiger partial charge in [0.25, 0.3) is 5.91 Å². The van der Waals surface area contributed by atoms with Crippen molar-refractivity contribution in [2.75, 3.05) is 13.1 Å². The highest BCUT2D eigenvalue weighted by atomic mass is 35.5. The van der Waals surface area contributed by atoms with Crippen molar-refractivity contribution in [2.45, 2.75) is 31.7 Å². The number of benzene rings is 2. The van der Waals surface area contributed by atoms with Crippen LogP contribution in [-0.2, 0) is 11.2 Å². The predicted molar refractivity (Wildman–Crippen MR) is 130 cm³/mol. The quantitative estimate of drug-likeness (QED) is 0.356. The van der Waals surface area contributed by atoms with Crippen molar-refractivity contribution < 1.29 is 19.1 Å². The minimum absolute atomic E-state index is 0.0372. The fraction of sp³-hybridized carbons (Fsp3) is 0.360. The van der Waals surface area contributed by atoms with Crippen LogP contribution in [0.3, 0.4) is 0 Å². The summed E-state index contributed by atoms with van der Waals surface area (Å²) < 4.78 is 14.3. The Morgan fingerprint density at radius 1 is 1.17 bits per heavy atom. The minimum Gasteiger partial charge on any atom is -0.481 e. The van der Waals surface area contributed by atoms with Crippen molar-refractivity contribution in [1.82, 2.24) is 26.0 Å². The molecule has 1 unspecified atom stereocenters. The maximum atomic E-state index is 14.3. The number of piperidine rings is 1. The van der Waals surface area contributed by atoms with E-state index in [-0.39, 0.29) is 23.8 Å².